The molecule has 0 bridgehead atoms. The monoisotopic (exact) mass is 303 g/mol. The van der Waals surface area contributed by atoms with Gasteiger partial charge < -0.3 is 14.2 Å². The number of methoxy groups -OCH3 is 1. The summed E-state index contributed by atoms with van der Waals surface area (Å²) in [7, 11) is 1.62. The van der Waals surface area contributed by atoms with Crippen LogP contribution in [-0.4, -0.2) is 53.3 Å². The van der Waals surface area contributed by atoms with Gasteiger partial charge in [0.15, 0.2) is 0 Å². The molecular formula is C15H21N5O2. The maximum Gasteiger partial charge on any atom is 0.218 e. The van der Waals surface area contributed by atoms with Crippen LogP contribution in [0.1, 0.15) is 17.0 Å². The van der Waals surface area contributed by atoms with Crippen LogP contribution in [0.25, 0.3) is 0 Å². The van der Waals surface area contributed by atoms with Gasteiger partial charge in [0.1, 0.15) is 17.9 Å². The van der Waals surface area contributed by atoms with Crippen molar-refractivity contribution < 1.29 is 9.26 Å². The molecule has 0 atom stereocenters. The molecule has 7 heteroatoms. The van der Waals surface area contributed by atoms with Gasteiger partial charge in [-0.15, -0.1) is 0 Å². The second-order valence-corrected chi connectivity index (χ2v) is 5.48. The van der Waals surface area contributed by atoms with Gasteiger partial charge >= 0.3 is 0 Å². The van der Waals surface area contributed by atoms with Crippen LogP contribution in [0.3, 0.4) is 0 Å². The first-order chi connectivity index (χ1) is 10.7. The molecule has 0 radical (unpaired) electrons. The normalized spacial score (nSPS) is 16.0. The van der Waals surface area contributed by atoms with Crippen LogP contribution in [0.5, 0.6) is 5.88 Å². The van der Waals surface area contributed by atoms with Gasteiger partial charge in [0, 0.05) is 44.4 Å². The molecule has 0 unspecified atom stereocenters. The Hall–Kier alpha value is -2.15. The third-order valence-electron chi connectivity index (χ3n) is 4.10. The van der Waals surface area contributed by atoms with E-state index in [-0.39, 0.29) is 0 Å². The summed E-state index contributed by atoms with van der Waals surface area (Å²) in [6, 6.07) is 1.88. The smallest absolute Gasteiger partial charge is 0.218 e. The summed E-state index contributed by atoms with van der Waals surface area (Å²) in [6.45, 7) is 8.69. The number of rotatable bonds is 4. The second kappa shape index (κ2) is 6.31. The minimum atomic E-state index is 0.600. The van der Waals surface area contributed by atoms with Crippen LogP contribution < -0.4 is 9.64 Å². The Morgan fingerprint density at radius 1 is 1.18 bits per heavy atom. The first-order valence-electron chi connectivity index (χ1n) is 7.42. The van der Waals surface area contributed by atoms with Gasteiger partial charge in [-0.2, -0.15) is 0 Å². The number of piperazine rings is 1. The summed E-state index contributed by atoms with van der Waals surface area (Å²) in [5.74, 6) is 2.44. The fraction of sp³-hybridized carbons (Fsp3) is 0.533. The lowest BCUT2D eigenvalue weighted by Gasteiger charge is -2.35. The van der Waals surface area contributed by atoms with Crippen molar-refractivity contribution in [3.05, 3.63) is 29.4 Å². The van der Waals surface area contributed by atoms with E-state index >= 15 is 0 Å². The number of hydrogen-bond acceptors (Lipinski definition) is 7. The van der Waals surface area contributed by atoms with Crippen LogP contribution >= 0.6 is 0 Å². The summed E-state index contributed by atoms with van der Waals surface area (Å²) < 4.78 is 10.4. The topological polar surface area (TPSA) is 67.5 Å². The molecule has 0 amide bonds. The Morgan fingerprint density at radius 3 is 2.59 bits per heavy atom. The number of ether oxygens (including phenoxy) is 1. The van der Waals surface area contributed by atoms with E-state index in [0.717, 1.165) is 50.0 Å². The van der Waals surface area contributed by atoms with Crippen LogP contribution in [0.2, 0.25) is 0 Å². The van der Waals surface area contributed by atoms with E-state index in [2.05, 4.69) is 24.9 Å². The summed E-state index contributed by atoms with van der Waals surface area (Å²) >= 11 is 0. The Morgan fingerprint density at radius 2 is 1.95 bits per heavy atom. The van der Waals surface area contributed by atoms with Crippen molar-refractivity contribution in [1.29, 1.82) is 0 Å². The fourth-order valence-electron chi connectivity index (χ4n) is 2.70. The largest absolute Gasteiger partial charge is 0.481 e. The van der Waals surface area contributed by atoms with Gasteiger partial charge in [-0.05, 0) is 13.8 Å². The predicted octanol–water partition coefficient (Wildman–Crippen LogP) is 1.41. The zero-order chi connectivity index (χ0) is 15.5. The molecular weight excluding hydrogens is 282 g/mol. The SMILES string of the molecule is COc1cc(N2CCN(Cc3c(C)noc3C)CC2)ncn1. The van der Waals surface area contributed by atoms with E-state index in [4.69, 9.17) is 9.26 Å². The van der Waals surface area contributed by atoms with E-state index in [1.807, 2.05) is 19.9 Å². The molecule has 118 valence electrons. The van der Waals surface area contributed by atoms with Gasteiger partial charge in [-0.25, -0.2) is 9.97 Å². The standard InChI is InChI=1S/C15H21N5O2/c1-11-13(12(2)22-18-11)9-19-4-6-20(7-5-19)14-8-15(21-3)17-10-16-14/h8,10H,4-7,9H2,1-3H3. The van der Waals surface area contributed by atoms with Crippen molar-refractivity contribution in [3.63, 3.8) is 0 Å². The molecule has 1 fully saturated rings. The number of anilines is 1. The number of aromatic nitrogens is 3. The molecule has 0 spiro atoms. The lowest BCUT2D eigenvalue weighted by atomic mass is 10.2. The minimum absolute atomic E-state index is 0.600. The number of aryl methyl sites for hydroxylation is 2. The van der Waals surface area contributed by atoms with Crippen molar-refractivity contribution >= 4 is 5.82 Å². The fourth-order valence-corrected chi connectivity index (χ4v) is 2.70. The highest BCUT2D eigenvalue weighted by Gasteiger charge is 2.21. The Kier molecular flexibility index (Phi) is 4.24. The molecule has 7 nitrogen and oxygen atoms in total. The summed E-state index contributed by atoms with van der Waals surface area (Å²) in [5, 5.41) is 4.02. The molecule has 22 heavy (non-hydrogen) atoms. The molecule has 1 saturated heterocycles. The molecule has 3 heterocycles. The van der Waals surface area contributed by atoms with E-state index in [1.165, 1.54) is 5.56 Å². The zero-order valence-corrected chi connectivity index (χ0v) is 13.2. The quantitative estimate of drug-likeness (QED) is 0.846. The van der Waals surface area contributed by atoms with Crippen LogP contribution in [0.4, 0.5) is 5.82 Å². The molecule has 1 aliphatic heterocycles. The molecule has 0 aromatic carbocycles. The zero-order valence-electron chi connectivity index (χ0n) is 13.2. The summed E-state index contributed by atoms with van der Waals surface area (Å²) in [5.41, 5.74) is 2.19. The number of hydrogen-bond donors (Lipinski definition) is 0. The van der Waals surface area contributed by atoms with Crippen molar-refractivity contribution in [3.8, 4) is 5.88 Å². The first-order valence-corrected chi connectivity index (χ1v) is 7.42. The average Bonchev–Trinajstić information content (AvgIpc) is 2.87. The van der Waals surface area contributed by atoms with Gasteiger partial charge in [-0.1, -0.05) is 5.16 Å². The van der Waals surface area contributed by atoms with Crippen molar-refractivity contribution in [2.45, 2.75) is 20.4 Å². The molecule has 0 N–H and O–H groups in total. The van der Waals surface area contributed by atoms with Crippen molar-refractivity contribution in [1.82, 2.24) is 20.0 Å². The lowest BCUT2D eigenvalue weighted by molar-refractivity contribution is 0.247. The van der Waals surface area contributed by atoms with Gasteiger partial charge in [0.05, 0.1) is 12.8 Å². The Balaban J connectivity index is 1.60. The maximum absolute atomic E-state index is 5.23. The number of nitrogens with zero attached hydrogens (tertiary/aromatic N) is 5. The van der Waals surface area contributed by atoms with Crippen LogP contribution in [-0.2, 0) is 6.54 Å². The van der Waals surface area contributed by atoms with E-state index in [1.54, 1.807) is 13.4 Å². The van der Waals surface area contributed by atoms with E-state index < -0.39 is 0 Å². The van der Waals surface area contributed by atoms with Gasteiger partial charge in [0.25, 0.3) is 0 Å². The first kappa shape index (κ1) is 14.8. The van der Waals surface area contributed by atoms with Crippen molar-refractivity contribution in [2.75, 3.05) is 38.2 Å². The second-order valence-electron chi connectivity index (χ2n) is 5.48. The molecule has 1 aliphatic rings. The Labute approximate surface area is 129 Å². The van der Waals surface area contributed by atoms with Gasteiger partial charge in [-0.3, -0.25) is 4.90 Å². The van der Waals surface area contributed by atoms with Crippen LogP contribution in [0.15, 0.2) is 16.9 Å². The highest BCUT2D eigenvalue weighted by molar-refractivity contribution is 5.41. The molecule has 2 aromatic heterocycles. The highest BCUT2D eigenvalue weighted by atomic mass is 16.5. The van der Waals surface area contributed by atoms with Gasteiger partial charge in [0.2, 0.25) is 5.88 Å². The van der Waals surface area contributed by atoms with Crippen molar-refractivity contribution in [2.24, 2.45) is 0 Å². The highest BCUT2D eigenvalue weighted by Crippen LogP contribution is 2.19. The molecule has 3 rings (SSSR count). The molecule has 0 saturated carbocycles. The third-order valence-corrected chi connectivity index (χ3v) is 4.10. The molecule has 2 aromatic rings. The Bertz CT molecular complexity index is 615. The van der Waals surface area contributed by atoms with E-state index in [9.17, 15) is 0 Å². The minimum Gasteiger partial charge on any atom is -0.481 e. The molecule has 0 aliphatic carbocycles. The summed E-state index contributed by atoms with van der Waals surface area (Å²) in [6.07, 6.45) is 1.55. The van der Waals surface area contributed by atoms with Crippen LogP contribution in [0, 0.1) is 13.8 Å². The average molecular weight is 303 g/mol. The lowest BCUT2D eigenvalue weighted by Crippen LogP contribution is -2.46. The maximum atomic E-state index is 5.23. The third kappa shape index (κ3) is 3.04. The predicted molar refractivity (Wildman–Crippen MR) is 82.1 cm³/mol. The van der Waals surface area contributed by atoms with E-state index in [0.29, 0.717) is 5.88 Å². The summed E-state index contributed by atoms with van der Waals surface area (Å²) in [4.78, 5) is 13.1.